The molecule has 4 aliphatic heterocycles. The van der Waals surface area contributed by atoms with E-state index < -0.39 is 23.3 Å². The van der Waals surface area contributed by atoms with Crippen LogP contribution in [-0.4, -0.2) is 97.1 Å². The molecule has 1 amide bonds. The number of carbonyl (C=O) groups is 1. The van der Waals surface area contributed by atoms with E-state index in [0.29, 0.717) is 50.1 Å². The van der Waals surface area contributed by atoms with E-state index in [0.717, 1.165) is 35.4 Å². The largest absolute Gasteiger partial charge is 0.461 e. The van der Waals surface area contributed by atoms with Crippen LogP contribution in [0.2, 0.25) is 10.3 Å². The maximum Gasteiger partial charge on any atom is 0.348 e. The van der Waals surface area contributed by atoms with Crippen molar-refractivity contribution in [1.29, 1.82) is 5.26 Å². The summed E-state index contributed by atoms with van der Waals surface area (Å²) in [7, 11) is 0. The molecule has 2 N–H and O–H groups in total. The molecule has 18 heteroatoms. The van der Waals surface area contributed by atoms with Crippen molar-refractivity contribution in [1.82, 2.24) is 34.5 Å². The third-order valence-electron chi connectivity index (χ3n) is 11.0. The number of nitrogens with two attached hydrogens (primary N) is 1. The lowest BCUT2D eigenvalue weighted by Crippen LogP contribution is -2.57. The van der Waals surface area contributed by atoms with Crippen LogP contribution in [0.25, 0.3) is 32.1 Å². The number of anilines is 2. The van der Waals surface area contributed by atoms with E-state index >= 15 is 4.39 Å². The second kappa shape index (κ2) is 12.3. The Balaban J connectivity index is 1.16. The molecule has 0 saturated carbocycles. The summed E-state index contributed by atoms with van der Waals surface area (Å²) in [5.74, 6) is -1.07. The number of thiophene rings is 1. The Labute approximate surface area is 308 Å². The van der Waals surface area contributed by atoms with Gasteiger partial charge in [-0.25, -0.2) is 22.9 Å². The lowest BCUT2D eigenvalue weighted by atomic mass is 9.95. The number of piperazine rings is 1. The predicted octanol–water partition coefficient (Wildman–Crippen LogP) is 6.42. The van der Waals surface area contributed by atoms with Crippen molar-refractivity contribution in [2.45, 2.75) is 55.9 Å². The topological polar surface area (TPSA) is 142 Å². The number of aromatic nitrogens is 5. The van der Waals surface area contributed by atoms with Gasteiger partial charge in [-0.3, -0.25) is 4.90 Å². The molecule has 268 valence electrons. The highest BCUT2D eigenvalue weighted by atomic mass is 35.5. The van der Waals surface area contributed by atoms with Crippen molar-refractivity contribution < 1.29 is 22.7 Å². The maximum absolute atomic E-state index is 17.2. The molecule has 4 fully saturated rings. The molecule has 5 aromatic rings. The highest BCUT2D eigenvalue weighted by Gasteiger charge is 2.50. The van der Waals surface area contributed by atoms with Crippen LogP contribution in [0.15, 0.2) is 24.5 Å². The Hall–Kier alpha value is -4.43. The molecule has 2 bridgehead atoms. The van der Waals surface area contributed by atoms with Crippen LogP contribution in [0.1, 0.15) is 37.7 Å². The molecular weight excluding hydrogens is 740 g/mol. The fourth-order valence-corrected chi connectivity index (χ4v) is 10.1. The Morgan fingerprint density at radius 2 is 1.96 bits per heavy atom. The van der Waals surface area contributed by atoms with E-state index in [2.05, 4.69) is 20.0 Å². The summed E-state index contributed by atoms with van der Waals surface area (Å²) in [4.78, 5) is 32.6. The molecule has 52 heavy (non-hydrogen) atoms. The van der Waals surface area contributed by atoms with Crippen LogP contribution in [-0.2, 0) is 0 Å². The Morgan fingerprint density at radius 1 is 1.17 bits per heavy atom. The molecule has 4 saturated heterocycles. The molecule has 12 nitrogen and oxygen atoms in total. The van der Waals surface area contributed by atoms with Gasteiger partial charge in [0.2, 0.25) is 5.28 Å². The predicted molar refractivity (Wildman–Crippen MR) is 190 cm³/mol. The molecule has 9 rings (SSSR count). The average Bonchev–Trinajstić information content (AvgIpc) is 3.92. The molecule has 4 atom stereocenters. The van der Waals surface area contributed by atoms with Gasteiger partial charge in [-0.1, -0.05) is 17.7 Å². The summed E-state index contributed by atoms with van der Waals surface area (Å²) in [5, 5.41) is 14.4. The molecule has 0 aliphatic carbocycles. The summed E-state index contributed by atoms with van der Waals surface area (Å²) in [6.45, 7) is 1.91. The Bertz CT molecular complexity index is 2340. The number of hydrogen-bond acceptors (Lipinski definition) is 11. The normalized spacial score (nSPS) is 24.3. The van der Waals surface area contributed by atoms with Gasteiger partial charge >= 0.3 is 12.0 Å². The van der Waals surface area contributed by atoms with Gasteiger partial charge in [-0.05, 0) is 61.5 Å². The minimum absolute atomic E-state index is 0.0110. The highest BCUT2D eigenvalue weighted by molar-refractivity contribution is 7.23. The van der Waals surface area contributed by atoms with Gasteiger partial charge in [0.15, 0.2) is 5.82 Å². The molecular formula is C34H29Cl2F3N10O2S. The van der Waals surface area contributed by atoms with Crippen molar-refractivity contribution in [3.8, 4) is 23.2 Å². The monoisotopic (exact) mass is 768 g/mol. The van der Waals surface area contributed by atoms with E-state index in [-0.39, 0.29) is 78.3 Å². The number of hydrogen-bond donors (Lipinski definition) is 1. The molecule has 0 spiro atoms. The molecule has 2 aromatic carbocycles. The number of nitrogens with zero attached hydrogens (tertiary/aromatic N) is 9. The van der Waals surface area contributed by atoms with E-state index in [1.807, 2.05) is 11.0 Å². The molecule has 7 heterocycles. The zero-order valence-corrected chi connectivity index (χ0v) is 29.7. The Kier molecular flexibility index (Phi) is 7.92. The van der Waals surface area contributed by atoms with Crippen LogP contribution in [0.3, 0.4) is 0 Å². The number of amides is 1. The number of fused-ring (bicyclic) bond motifs is 5. The van der Waals surface area contributed by atoms with Crippen LogP contribution in [0.4, 0.5) is 28.8 Å². The SMILES string of the molecule is N#Cc1c(N)sc2c(F)ccc(-c3c(Cl)cc4c(N5CC6CCC(C5)N6C(=O)n5ncnc5Cl)nc(OC[C@@]56CCCN5C[C@H](F)C6)nc4c3F)c12. The summed E-state index contributed by atoms with van der Waals surface area (Å²) in [6, 6.07) is 5.17. The molecule has 4 aliphatic rings. The number of nitriles is 1. The minimum atomic E-state index is -0.974. The molecule has 0 radical (unpaired) electrons. The molecule has 3 aromatic heterocycles. The first-order chi connectivity index (χ1) is 25.1. The number of rotatable bonds is 5. The minimum Gasteiger partial charge on any atom is -0.461 e. The summed E-state index contributed by atoms with van der Waals surface area (Å²) >= 11 is 13.9. The maximum atomic E-state index is 17.2. The van der Waals surface area contributed by atoms with Crippen LogP contribution in [0, 0.1) is 23.0 Å². The van der Waals surface area contributed by atoms with Gasteiger partial charge in [0, 0.05) is 42.4 Å². The van der Waals surface area contributed by atoms with Crippen molar-refractivity contribution in [3.05, 3.63) is 52.0 Å². The first-order valence-electron chi connectivity index (χ1n) is 16.8. The second-order valence-corrected chi connectivity index (χ2v) is 15.6. The van der Waals surface area contributed by atoms with Crippen molar-refractivity contribution in [3.63, 3.8) is 0 Å². The van der Waals surface area contributed by atoms with Crippen LogP contribution in [0.5, 0.6) is 6.01 Å². The smallest absolute Gasteiger partial charge is 0.348 e. The van der Waals surface area contributed by atoms with Crippen molar-refractivity contribution in [2.75, 3.05) is 43.4 Å². The standard InChI is InChI=1S/C34H29Cl2F3N10O2S/c35-22-8-20-27(26(39)25(22)19-4-5-23(38)28-24(19)21(10-40)29(41)52-28)44-32(51-14-34-6-1-7-47(34)11-16(37)9-34)45-30(20)46-12-17-2-3-18(13-46)48(17)33(50)49-31(36)42-15-43-49/h4-5,8,15-18H,1-3,6-7,9,11-14,41H2/t16-,17?,18?,34+/m1/s1. The summed E-state index contributed by atoms with van der Waals surface area (Å²) in [5.41, 5.74) is 5.60. The second-order valence-electron chi connectivity index (χ2n) is 13.8. The quantitative estimate of drug-likeness (QED) is 0.213. The fraction of sp³-hybridized carbons (Fsp3) is 0.412. The molecule has 2 unspecified atom stereocenters. The van der Waals surface area contributed by atoms with Gasteiger partial charge in [-0.15, -0.1) is 16.4 Å². The number of nitrogen functional groups attached to an aromatic ring is 1. The Morgan fingerprint density at radius 3 is 2.69 bits per heavy atom. The van der Waals surface area contributed by atoms with Crippen molar-refractivity contribution >= 4 is 72.4 Å². The number of alkyl halides is 1. The van der Waals surface area contributed by atoms with Gasteiger partial charge in [0.05, 0.1) is 32.9 Å². The average molecular weight is 770 g/mol. The van der Waals surface area contributed by atoms with E-state index in [1.54, 1.807) is 11.0 Å². The zero-order valence-electron chi connectivity index (χ0n) is 27.3. The van der Waals surface area contributed by atoms with E-state index in [4.69, 9.17) is 38.7 Å². The summed E-state index contributed by atoms with van der Waals surface area (Å²) in [6.07, 6.45) is 3.64. The first-order valence-corrected chi connectivity index (χ1v) is 18.4. The van der Waals surface area contributed by atoms with Gasteiger partial charge in [0.1, 0.15) is 47.3 Å². The van der Waals surface area contributed by atoms with Gasteiger partial charge in [0.25, 0.3) is 0 Å². The van der Waals surface area contributed by atoms with Gasteiger partial charge in [-0.2, -0.15) is 19.9 Å². The third kappa shape index (κ3) is 5.07. The van der Waals surface area contributed by atoms with Gasteiger partial charge < -0.3 is 20.3 Å². The van der Waals surface area contributed by atoms with Crippen molar-refractivity contribution in [2.24, 2.45) is 0 Å². The number of halogens is 5. The lowest BCUT2D eigenvalue weighted by Gasteiger charge is -2.41. The van der Waals surface area contributed by atoms with Crippen LogP contribution < -0.4 is 15.4 Å². The number of benzene rings is 2. The van der Waals surface area contributed by atoms with E-state index in [9.17, 15) is 18.8 Å². The number of ether oxygens (including phenoxy) is 1. The van der Waals surface area contributed by atoms with Crippen LogP contribution >= 0.6 is 34.5 Å². The first kappa shape index (κ1) is 33.4. The lowest BCUT2D eigenvalue weighted by molar-refractivity contribution is 0.107. The number of carbonyl (C=O) groups excluding carboxylic acids is 1. The highest BCUT2D eigenvalue weighted by Crippen LogP contribution is 2.47. The zero-order chi connectivity index (χ0) is 36.1. The van der Waals surface area contributed by atoms with E-state index in [1.165, 1.54) is 18.5 Å². The summed E-state index contributed by atoms with van der Waals surface area (Å²) < 4.78 is 54.2. The third-order valence-corrected chi connectivity index (χ3v) is 12.5. The fourth-order valence-electron chi connectivity index (χ4n) is 8.72.